The second-order valence-electron chi connectivity index (χ2n) is 6.33. The number of rotatable bonds is 7. The van der Waals surface area contributed by atoms with Crippen molar-refractivity contribution in [2.45, 2.75) is 13.3 Å². The Morgan fingerprint density at radius 3 is 2.75 bits per heavy atom. The van der Waals surface area contributed by atoms with Crippen LogP contribution in [-0.2, 0) is 6.42 Å². The highest BCUT2D eigenvalue weighted by Gasteiger charge is 2.09. The fraction of sp³-hybridized carbons (Fsp3) is 0.182. The Labute approximate surface area is 169 Å². The summed E-state index contributed by atoms with van der Waals surface area (Å²) in [6.45, 7) is 2.58. The Balaban J connectivity index is 1.62. The molecule has 0 aliphatic rings. The summed E-state index contributed by atoms with van der Waals surface area (Å²) < 4.78 is 5.37. The smallest absolute Gasteiger partial charge is 0.255 e. The van der Waals surface area contributed by atoms with Crippen molar-refractivity contribution in [1.29, 1.82) is 0 Å². The second kappa shape index (κ2) is 9.24. The molecule has 3 rings (SSSR count). The highest BCUT2D eigenvalue weighted by atomic mass is 35.5. The molecule has 0 atom stereocenters. The molecule has 28 heavy (non-hydrogen) atoms. The topological polar surface area (TPSA) is 63.2 Å². The number of methoxy groups -OCH3 is 1. The molecule has 1 aromatic heterocycles. The second-order valence-corrected chi connectivity index (χ2v) is 6.77. The molecule has 0 spiro atoms. The van der Waals surface area contributed by atoms with E-state index in [1.807, 2.05) is 37.3 Å². The first-order chi connectivity index (χ1) is 13.6. The maximum Gasteiger partial charge on any atom is 0.255 e. The molecule has 6 heteroatoms. The highest BCUT2D eigenvalue weighted by Crippen LogP contribution is 2.21. The molecule has 0 aliphatic carbocycles. The van der Waals surface area contributed by atoms with Crippen LogP contribution in [0, 0.1) is 6.92 Å². The number of carbonyl (C=O) groups is 1. The quantitative estimate of drug-likeness (QED) is 0.593. The van der Waals surface area contributed by atoms with Gasteiger partial charge < -0.3 is 15.4 Å². The van der Waals surface area contributed by atoms with Gasteiger partial charge >= 0.3 is 0 Å². The van der Waals surface area contributed by atoms with Crippen molar-refractivity contribution in [1.82, 2.24) is 4.98 Å². The van der Waals surface area contributed by atoms with Crippen LogP contribution < -0.4 is 15.4 Å². The van der Waals surface area contributed by atoms with Crippen LogP contribution in [0.15, 0.2) is 60.8 Å². The standard InChI is InChI=1S/C22H22ClN3O2/c1-15-13-18(23)7-8-19(15)26-22(27)17-10-12-25-21(14-17)24-11-9-16-5-3-4-6-20(16)28-2/h3-8,10,12-14H,9,11H2,1-2H3,(H,24,25)(H,26,27). The molecule has 0 bridgehead atoms. The number of benzene rings is 2. The molecule has 3 aromatic rings. The number of ether oxygens (including phenoxy) is 1. The van der Waals surface area contributed by atoms with E-state index < -0.39 is 0 Å². The molecular weight excluding hydrogens is 374 g/mol. The molecule has 2 aromatic carbocycles. The zero-order valence-electron chi connectivity index (χ0n) is 15.8. The zero-order valence-corrected chi connectivity index (χ0v) is 16.6. The Kier molecular flexibility index (Phi) is 6.50. The van der Waals surface area contributed by atoms with E-state index in [2.05, 4.69) is 15.6 Å². The Hall–Kier alpha value is -3.05. The molecule has 1 heterocycles. The van der Waals surface area contributed by atoms with Gasteiger partial charge in [-0.2, -0.15) is 0 Å². The van der Waals surface area contributed by atoms with E-state index in [1.165, 1.54) is 0 Å². The lowest BCUT2D eigenvalue weighted by Crippen LogP contribution is -2.14. The van der Waals surface area contributed by atoms with Crippen molar-refractivity contribution in [2.24, 2.45) is 0 Å². The third-order valence-electron chi connectivity index (χ3n) is 4.35. The van der Waals surface area contributed by atoms with Gasteiger partial charge in [-0.15, -0.1) is 0 Å². The van der Waals surface area contributed by atoms with Crippen LogP contribution in [0.3, 0.4) is 0 Å². The molecule has 144 valence electrons. The van der Waals surface area contributed by atoms with Gasteiger partial charge in [0.05, 0.1) is 7.11 Å². The Bertz CT molecular complexity index is 976. The molecule has 0 saturated heterocycles. The number of amides is 1. The number of nitrogens with zero attached hydrogens (tertiary/aromatic N) is 1. The largest absolute Gasteiger partial charge is 0.496 e. The van der Waals surface area contributed by atoms with Crippen LogP contribution in [0.2, 0.25) is 5.02 Å². The van der Waals surface area contributed by atoms with Gasteiger partial charge in [-0.1, -0.05) is 29.8 Å². The van der Waals surface area contributed by atoms with Gasteiger partial charge in [-0.05, 0) is 60.9 Å². The van der Waals surface area contributed by atoms with E-state index in [-0.39, 0.29) is 5.91 Å². The lowest BCUT2D eigenvalue weighted by Gasteiger charge is -2.11. The third-order valence-corrected chi connectivity index (χ3v) is 4.59. The van der Waals surface area contributed by atoms with E-state index in [0.717, 1.165) is 29.0 Å². The number of para-hydroxylation sites is 1. The molecule has 0 fully saturated rings. The summed E-state index contributed by atoms with van der Waals surface area (Å²) in [4.78, 5) is 16.9. The van der Waals surface area contributed by atoms with Gasteiger partial charge in [0.25, 0.3) is 5.91 Å². The van der Waals surface area contributed by atoms with E-state index in [0.29, 0.717) is 22.9 Å². The minimum Gasteiger partial charge on any atom is -0.496 e. The molecule has 0 radical (unpaired) electrons. The fourth-order valence-electron chi connectivity index (χ4n) is 2.87. The van der Waals surface area contributed by atoms with Crippen LogP contribution in [-0.4, -0.2) is 24.5 Å². The zero-order chi connectivity index (χ0) is 19.9. The van der Waals surface area contributed by atoms with Crippen molar-refractivity contribution in [3.8, 4) is 5.75 Å². The average molecular weight is 396 g/mol. The predicted molar refractivity (Wildman–Crippen MR) is 114 cm³/mol. The lowest BCUT2D eigenvalue weighted by molar-refractivity contribution is 0.102. The molecule has 0 aliphatic heterocycles. The Morgan fingerprint density at radius 1 is 1.14 bits per heavy atom. The first-order valence-electron chi connectivity index (χ1n) is 8.96. The van der Waals surface area contributed by atoms with E-state index in [1.54, 1.807) is 37.6 Å². The molecular formula is C22H22ClN3O2. The average Bonchev–Trinajstić information content (AvgIpc) is 2.70. The van der Waals surface area contributed by atoms with E-state index in [4.69, 9.17) is 16.3 Å². The summed E-state index contributed by atoms with van der Waals surface area (Å²) in [7, 11) is 1.66. The van der Waals surface area contributed by atoms with Crippen molar-refractivity contribution in [3.05, 3.63) is 82.5 Å². The van der Waals surface area contributed by atoms with Gasteiger partial charge in [0.1, 0.15) is 11.6 Å². The predicted octanol–water partition coefficient (Wildman–Crippen LogP) is 4.96. The molecule has 0 unspecified atom stereocenters. The minimum absolute atomic E-state index is 0.194. The van der Waals surface area contributed by atoms with Gasteiger partial charge in [0.15, 0.2) is 0 Å². The van der Waals surface area contributed by atoms with Crippen LogP contribution >= 0.6 is 11.6 Å². The van der Waals surface area contributed by atoms with Crippen LogP contribution in [0.1, 0.15) is 21.5 Å². The van der Waals surface area contributed by atoms with E-state index in [9.17, 15) is 4.79 Å². The fourth-order valence-corrected chi connectivity index (χ4v) is 3.09. The third kappa shape index (κ3) is 5.02. The SMILES string of the molecule is COc1ccccc1CCNc1cc(C(=O)Nc2ccc(Cl)cc2C)ccn1. The molecule has 0 saturated carbocycles. The summed E-state index contributed by atoms with van der Waals surface area (Å²) in [5.74, 6) is 1.32. The Morgan fingerprint density at radius 2 is 1.96 bits per heavy atom. The van der Waals surface area contributed by atoms with Crippen molar-refractivity contribution < 1.29 is 9.53 Å². The summed E-state index contributed by atoms with van der Waals surface area (Å²) in [6, 6.07) is 16.7. The maximum absolute atomic E-state index is 12.6. The summed E-state index contributed by atoms with van der Waals surface area (Å²) in [5, 5.41) is 6.81. The summed E-state index contributed by atoms with van der Waals surface area (Å²) in [5.41, 5.74) is 3.29. The van der Waals surface area contributed by atoms with Crippen molar-refractivity contribution in [3.63, 3.8) is 0 Å². The van der Waals surface area contributed by atoms with Crippen molar-refractivity contribution in [2.75, 3.05) is 24.3 Å². The lowest BCUT2D eigenvalue weighted by atomic mass is 10.1. The van der Waals surface area contributed by atoms with Crippen LogP contribution in [0.5, 0.6) is 5.75 Å². The number of nitrogens with one attached hydrogen (secondary N) is 2. The summed E-state index contributed by atoms with van der Waals surface area (Å²) >= 11 is 5.97. The maximum atomic E-state index is 12.6. The van der Waals surface area contributed by atoms with E-state index >= 15 is 0 Å². The minimum atomic E-state index is -0.194. The molecule has 1 amide bonds. The number of aryl methyl sites for hydroxylation is 1. The van der Waals surface area contributed by atoms with Crippen LogP contribution in [0.4, 0.5) is 11.5 Å². The monoisotopic (exact) mass is 395 g/mol. The summed E-state index contributed by atoms with van der Waals surface area (Å²) in [6.07, 6.45) is 2.40. The molecule has 2 N–H and O–H groups in total. The van der Waals surface area contributed by atoms with Gasteiger partial charge in [0.2, 0.25) is 0 Å². The van der Waals surface area contributed by atoms with Gasteiger partial charge in [-0.3, -0.25) is 4.79 Å². The number of pyridine rings is 1. The molecule has 5 nitrogen and oxygen atoms in total. The van der Waals surface area contributed by atoms with Gasteiger partial charge in [0, 0.05) is 29.0 Å². The number of anilines is 2. The van der Waals surface area contributed by atoms with Crippen LogP contribution in [0.25, 0.3) is 0 Å². The number of carbonyl (C=O) groups excluding carboxylic acids is 1. The highest BCUT2D eigenvalue weighted by molar-refractivity contribution is 6.30. The number of hydrogen-bond donors (Lipinski definition) is 2. The number of halogens is 1. The first-order valence-corrected chi connectivity index (χ1v) is 9.34. The number of aromatic nitrogens is 1. The van der Waals surface area contributed by atoms with Gasteiger partial charge in [-0.25, -0.2) is 4.98 Å². The van der Waals surface area contributed by atoms with Crippen molar-refractivity contribution >= 4 is 29.0 Å². The number of hydrogen-bond acceptors (Lipinski definition) is 4. The first kappa shape index (κ1) is 19.7. The normalized spacial score (nSPS) is 10.4.